The van der Waals surface area contributed by atoms with E-state index in [0.717, 1.165) is 19.3 Å². The number of carbonyl (C=O) groups is 1. The van der Waals surface area contributed by atoms with Gasteiger partial charge in [0.05, 0.1) is 11.5 Å². The number of rotatable bonds is 1. The maximum atomic E-state index is 10.9. The second-order valence-corrected chi connectivity index (χ2v) is 3.46. The maximum Gasteiger partial charge on any atom is 0.312 e. The van der Waals surface area contributed by atoms with Crippen molar-refractivity contribution in [2.75, 3.05) is 6.61 Å². The van der Waals surface area contributed by atoms with Gasteiger partial charge in [-0.05, 0) is 25.7 Å². The van der Waals surface area contributed by atoms with Gasteiger partial charge in [-0.25, -0.2) is 0 Å². The fraction of sp³-hybridized carbons (Fsp3) is 0.875. The molecule has 2 fully saturated rings. The Bertz CT molecular complexity index is 178. The fourth-order valence-electron chi connectivity index (χ4n) is 2.30. The molecule has 0 aromatic rings. The van der Waals surface area contributed by atoms with Crippen molar-refractivity contribution in [1.82, 2.24) is 0 Å². The van der Waals surface area contributed by atoms with Crippen LogP contribution in [0, 0.1) is 5.41 Å². The molecule has 0 aromatic heterocycles. The van der Waals surface area contributed by atoms with Gasteiger partial charge in [-0.2, -0.15) is 0 Å². The summed E-state index contributed by atoms with van der Waals surface area (Å²) in [5, 5.41) is 8.99. The minimum Gasteiger partial charge on any atom is -0.481 e. The lowest BCUT2D eigenvalue weighted by Gasteiger charge is -2.21. The highest BCUT2D eigenvalue weighted by molar-refractivity contribution is 5.76. The van der Waals surface area contributed by atoms with Crippen LogP contribution in [0.5, 0.6) is 0 Å². The van der Waals surface area contributed by atoms with Gasteiger partial charge in [-0.15, -0.1) is 0 Å². The average Bonchev–Trinajstić information content (AvgIpc) is 2.40. The molecule has 62 valence electrons. The molecule has 0 aromatic carbocycles. The number of hydrogen-bond donors (Lipinski definition) is 1. The van der Waals surface area contributed by atoms with Crippen LogP contribution in [0.4, 0.5) is 0 Å². The third-order valence-electron chi connectivity index (χ3n) is 3.00. The number of ether oxygens (including phenoxy) is 1. The van der Waals surface area contributed by atoms with Crippen molar-refractivity contribution < 1.29 is 14.6 Å². The molecule has 3 nitrogen and oxygen atoms in total. The summed E-state index contributed by atoms with van der Waals surface area (Å²) in [6.07, 6.45) is 3.49. The summed E-state index contributed by atoms with van der Waals surface area (Å²) in [6, 6.07) is 0. The first-order valence-electron chi connectivity index (χ1n) is 4.11. The lowest BCUT2D eigenvalue weighted by Crippen LogP contribution is -2.34. The predicted molar refractivity (Wildman–Crippen MR) is 38.3 cm³/mol. The fourth-order valence-corrected chi connectivity index (χ4v) is 2.30. The summed E-state index contributed by atoms with van der Waals surface area (Å²) >= 11 is 0. The Morgan fingerprint density at radius 1 is 1.55 bits per heavy atom. The molecule has 1 aliphatic carbocycles. The van der Waals surface area contributed by atoms with E-state index < -0.39 is 11.4 Å². The Balaban J connectivity index is 2.26. The molecule has 0 radical (unpaired) electrons. The zero-order chi connectivity index (χ0) is 7.90. The standard InChI is InChI=1S/C8H12O3/c9-7(10)8-3-1-2-6(8)11-5-4-8/h6H,1-5H2,(H,9,10). The largest absolute Gasteiger partial charge is 0.481 e. The average molecular weight is 156 g/mol. The summed E-state index contributed by atoms with van der Waals surface area (Å²) in [4.78, 5) is 10.9. The van der Waals surface area contributed by atoms with Crippen LogP contribution in [0.25, 0.3) is 0 Å². The van der Waals surface area contributed by atoms with Gasteiger partial charge in [0.1, 0.15) is 0 Å². The van der Waals surface area contributed by atoms with Crippen molar-refractivity contribution in [3.05, 3.63) is 0 Å². The van der Waals surface area contributed by atoms with Crippen LogP contribution in [0.3, 0.4) is 0 Å². The van der Waals surface area contributed by atoms with E-state index in [4.69, 9.17) is 9.84 Å². The van der Waals surface area contributed by atoms with E-state index in [-0.39, 0.29) is 6.10 Å². The molecule has 1 saturated heterocycles. The van der Waals surface area contributed by atoms with Gasteiger partial charge >= 0.3 is 5.97 Å². The number of aliphatic carboxylic acids is 1. The normalized spacial score (nSPS) is 42.4. The minimum absolute atomic E-state index is 0.0139. The van der Waals surface area contributed by atoms with Gasteiger partial charge in [0, 0.05) is 6.61 Å². The summed E-state index contributed by atoms with van der Waals surface area (Å²) < 4.78 is 5.36. The van der Waals surface area contributed by atoms with Crippen LogP contribution < -0.4 is 0 Å². The number of carboxylic acid groups (broad SMARTS) is 1. The van der Waals surface area contributed by atoms with Crippen molar-refractivity contribution in [2.45, 2.75) is 31.8 Å². The summed E-state index contributed by atoms with van der Waals surface area (Å²) in [7, 11) is 0. The predicted octanol–water partition coefficient (Wildman–Crippen LogP) is 1.03. The molecule has 1 saturated carbocycles. The molecular formula is C8H12O3. The Morgan fingerprint density at radius 2 is 2.36 bits per heavy atom. The van der Waals surface area contributed by atoms with Crippen molar-refractivity contribution >= 4 is 5.97 Å². The summed E-state index contributed by atoms with van der Waals surface area (Å²) in [5.41, 5.74) is -0.500. The monoisotopic (exact) mass is 156 g/mol. The van der Waals surface area contributed by atoms with E-state index in [1.165, 1.54) is 0 Å². The molecule has 0 amide bonds. The molecule has 0 bridgehead atoms. The highest BCUT2D eigenvalue weighted by Gasteiger charge is 2.53. The SMILES string of the molecule is O=C(O)C12CCCC1OCC2. The van der Waals surface area contributed by atoms with E-state index in [1.54, 1.807) is 0 Å². The van der Waals surface area contributed by atoms with Crippen LogP contribution in [-0.2, 0) is 9.53 Å². The van der Waals surface area contributed by atoms with Crippen molar-refractivity contribution in [2.24, 2.45) is 5.41 Å². The molecule has 11 heavy (non-hydrogen) atoms. The maximum absolute atomic E-state index is 10.9. The first-order chi connectivity index (χ1) is 5.26. The Hall–Kier alpha value is -0.570. The quantitative estimate of drug-likeness (QED) is 0.616. The third kappa shape index (κ3) is 0.805. The molecule has 2 unspecified atom stereocenters. The Morgan fingerprint density at radius 3 is 3.00 bits per heavy atom. The van der Waals surface area contributed by atoms with Crippen LogP contribution >= 0.6 is 0 Å². The van der Waals surface area contributed by atoms with Crippen molar-refractivity contribution in [3.8, 4) is 0 Å². The van der Waals surface area contributed by atoms with Gasteiger partial charge in [0.2, 0.25) is 0 Å². The number of fused-ring (bicyclic) bond motifs is 1. The van der Waals surface area contributed by atoms with Crippen molar-refractivity contribution in [3.63, 3.8) is 0 Å². The van der Waals surface area contributed by atoms with Gasteiger partial charge in [-0.3, -0.25) is 4.79 Å². The van der Waals surface area contributed by atoms with Crippen LogP contribution in [-0.4, -0.2) is 23.8 Å². The Labute approximate surface area is 65.4 Å². The van der Waals surface area contributed by atoms with Gasteiger partial charge in [0.25, 0.3) is 0 Å². The van der Waals surface area contributed by atoms with E-state index in [1.807, 2.05) is 0 Å². The highest BCUT2D eigenvalue weighted by Crippen LogP contribution is 2.47. The molecule has 2 rings (SSSR count). The minimum atomic E-state index is -0.655. The second kappa shape index (κ2) is 2.21. The molecule has 2 aliphatic rings. The van der Waals surface area contributed by atoms with Crippen LogP contribution in [0.1, 0.15) is 25.7 Å². The zero-order valence-corrected chi connectivity index (χ0v) is 6.38. The van der Waals surface area contributed by atoms with E-state index in [9.17, 15) is 4.79 Å². The molecule has 1 aliphatic heterocycles. The van der Waals surface area contributed by atoms with Crippen molar-refractivity contribution in [1.29, 1.82) is 0 Å². The first-order valence-corrected chi connectivity index (χ1v) is 4.11. The molecule has 1 N–H and O–H groups in total. The molecule has 2 atom stereocenters. The van der Waals surface area contributed by atoms with Crippen LogP contribution in [0.15, 0.2) is 0 Å². The van der Waals surface area contributed by atoms with Crippen LogP contribution in [0.2, 0.25) is 0 Å². The van der Waals surface area contributed by atoms with Gasteiger partial charge in [0.15, 0.2) is 0 Å². The second-order valence-electron chi connectivity index (χ2n) is 3.46. The third-order valence-corrected chi connectivity index (χ3v) is 3.00. The lowest BCUT2D eigenvalue weighted by molar-refractivity contribution is -0.150. The van der Waals surface area contributed by atoms with E-state index in [2.05, 4.69) is 0 Å². The first kappa shape index (κ1) is 7.10. The zero-order valence-electron chi connectivity index (χ0n) is 6.38. The van der Waals surface area contributed by atoms with E-state index >= 15 is 0 Å². The Kier molecular flexibility index (Phi) is 1.42. The lowest BCUT2D eigenvalue weighted by atomic mass is 9.83. The smallest absolute Gasteiger partial charge is 0.312 e. The van der Waals surface area contributed by atoms with Gasteiger partial charge < -0.3 is 9.84 Å². The topological polar surface area (TPSA) is 46.5 Å². The number of hydrogen-bond acceptors (Lipinski definition) is 2. The van der Waals surface area contributed by atoms with E-state index in [0.29, 0.717) is 13.0 Å². The molecule has 1 heterocycles. The highest BCUT2D eigenvalue weighted by atomic mass is 16.5. The molecule has 3 heteroatoms. The molecular weight excluding hydrogens is 144 g/mol. The summed E-state index contributed by atoms with van der Waals surface area (Å²) in [5.74, 6) is -0.655. The van der Waals surface area contributed by atoms with Gasteiger partial charge in [-0.1, -0.05) is 0 Å². The number of carboxylic acids is 1. The summed E-state index contributed by atoms with van der Waals surface area (Å²) in [6.45, 7) is 0.636. The molecule has 0 spiro atoms.